The zero-order chi connectivity index (χ0) is 10.7. The first-order valence-corrected chi connectivity index (χ1v) is 5.01. The van der Waals surface area contributed by atoms with Crippen LogP contribution in [0.15, 0.2) is 12.5 Å². The lowest BCUT2D eigenvalue weighted by Gasteiger charge is -2.11. The Labute approximate surface area is 88.0 Å². The van der Waals surface area contributed by atoms with Crippen LogP contribution in [0.2, 0.25) is 0 Å². The molecule has 0 N–H and O–H groups in total. The number of rotatable bonds is 3. The molecule has 0 aliphatic carbocycles. The minimum absolute atomic E-state index is 0.197. The minimum atomic E-state index is -0.356. The molecule has 0 spiro atoms. The second-order valence-corrected chi connectivity index (χ2v) is 3.56. The molecule has 1 aromatic rings. The van der Waals surface area contributed by atoms with Crippen LogP contribution < -0.4 is 0 Å². The second kappa shape index (κ2) is 4.44. The van der Waals surface area contributed by atoms with Crippen LogP contribution in [-0.2, 0) is 16.0 Å². The number of hydrogen-bond donors (Lipinski definition) is 0. The highest BCUT2D eigenvalue weighted by molar-refractivity contribution is 5.87. The lowest BCUT2D eigenvalue weighted by molar-refractivity contribution is 0.0577. The van der Waals surface area contributed by atoms with Crippen molar-refractivity contribution in [3.05, 3.63) is 18.2 Å². The number of imidazole rings is 1. The monoisotopic (exact) mass is 210 g/mol. The Morgan fingerprint density at radius 2 is 2.67 bits per heavy atom. The largest absolute Gasteiger partial charge is 0.464 e. The summed E-state index contributed by atoms with van der Waals surface area (Å²) in [6, 6.07) is 0. The predicted molar refractivity (Wildman–Crippen MR) is 52.5 cm³/mol. The highest BCUT2D eigenvalue weighted by Crippen LogP contribution is 2.15. The third kappa shape index (κ3) is 2.18. The van der Waals surface area contributed by atoms with Crippen molar-refractivity contribution in [1.82, 2.24) is 9.55 Å². The third-order valence-corrected chi connectivity index (χ3v) is 2.53. The topological polar surface area (TPSA) is 53.3 Å². The molecule has 1 aromatic heterocycles. The van der Waals surface area contributed by atoms with Crippen molar-refractivity contribution in [2.75, 3.05) is 13.7 Å². The standard InChI is InChI=1S/C10H14N2O3/c1-14-10(13)9-5-11-7-12(9)6-8-3-2-4-15-8/h5,7-8H,2-4,6H2,1H3/t8-/m0/s1. The first-order chi connectivity index (χ1) is 7.31. The number of hydrogen-bond acceptors (Lipinski definition) is 4. The van der Waals surface area contributed by atoms with Crippen LogP contribution in [0, 0.1) is 0 Å². The van der Waals surface area contributed by atoms with Crippen molar-refractivity contribution in [3.8, 4) is 0 Å². The highest BCUT2D eigenvalue weighted by atomic mass is 16.5. The van der Waals surface area contributed by atoms with Gasteiger partial charge in [-0.05, 0) is 12.8 Å². The van der Waals surface area contributed by atoms with Crippen LogP contribution in [0.1, 0.15) is 23.3 Å². The minimum Gasteiger partial charge on any atom is -0.464 e. The van der Waals surface area contributed by atoms with Gasteiger partial charge in [0.15, 0.2) is 0 Å². The molecule has 15 heavy (non-hydrogen) atoms. The summed E-state index contributed by atoms with van der Waals surface area (Å²) < 4.78 is 11.9. The maximum absolute atomic E-state index is 11.3. The van der Waals surface area contributed by atoms with E-state index in [9.17, 15) is 4.79 Å². The van der Waals surface area contributed by atoms with E-state index in [2.05, 4.69) is 9.72 Å². The zero-order valence-electron chi connectivity index (χ0n) is 8.68. The van der Waals surface area contributed by atoms with Crippen LogP contribution >= 0.6 is 0 Å². The summed E-state index contributed by atoms with van der Waals surface area (Å²) in [6.45, 7) is 1.48. The Kier molecular flexibility index (Phi) is 3.01. The van der Waals surface area contributed by atoms with Crippen molar-refractivity contribution >= 4 is 5.97 Å². The molecule has 2 rings (SSSR count). The van der Waals surface area contributed by atoms with E-state index in [4.69, 9.17) is 4.74 Å². The molecule has 1 fully saturated rings. The second-order valence-electron chi connectivity index (χ2n) is 3.56. The van der Waals surface area contributed by atoms with Gasteiger partial charge in [-0.3, -0.25) is 0 Å². The number of aromatic nitrogens is 2. The van der Waals surface area contributed by atoms with Crippen LogP contribution in [-0.4, -0.2) is 35.3 Å². The molecule has 82 valence electrons. The van der Waals surface area contributed by atoms with Gasteiger partial charge in [0, 0.05) is 6.61 Å². The molecule has 1 saturated heterocycles. The van der Waals surface area contributed by atoms with E-state index in [0.29, 0.717) is 12.2 Å². The van der Waals surface area contributed by atoms with E-state index in [1.54, 1.807) is 10.9 Å². The molecular weight excluding hydrogens is 196 g/mol. The Morgan fingerprint density at radius 1 is 1.80 bits per heavy atom. The van der Waals surface area contributed by atoms with Crippen molar-refractivity contribution in [1.29, 1.82) is 0 Å². The van der Waals surface area contributed by atoms with Gasteiger partial charge in [-0.15, -0.1) is 0 Å². The number of nitrogens with zero attached hydrogens (tertiary/aromatic N) is 2. The molecule has 0 amide bonds. The first-order valence-electron chi connectivity index (χ1n) is 5.01. The van der Waals surface area contributed by atoms with Crippen LogP contribution in [0.5, 0.6) is 0 Å². The Balaban J connectivity index is 2.07. The fraction of sp³-hybridized carbons (Fsp3) is 0.600. The van der Waals surface area contributed by atoms with E-state index in [1.807, 2.05) is 0 Å². The first kappa shape index (κ1) is 10.2. The van der Waals surface area contributed by atoms with Gasteiger partial charge < -0.3 is 14.0 Å². The fourth-order valence-electron chi connectivity index (χ4n) is 1.75. The average molecular weight is 210 g/mol. The number of carbonyl (C=O) groups excluding carboxylic acids is 1. The molecular formula is C10H14N2O3. The highest BCUT2D eigenvalue weighted by Gasteiger charge is 2.19. The summed E-state index contributed by atoms with van der Waals surface area (Å²) in [6.07, 6.45) is 5.48. The Bertz CT molecular complexity index is 342. The summed E-state index contributed by atoms with van der Waals surface area (Å²) in [5.74, 6) is -0.356. The number of esters is 1. The van der Waals surface area contributed by atoms with Gasteiger partial charge >= 0.3 is 5.97 Å². The van der Waals surface area contributed by atoms with Gasteiger partial charge in [0.05, 0.1) is 32.3 Å². The van der Waals surface area contributed by atoms with E-state index in [0.717, 1.165) is 19.4 Å². The van der Waals surface area contributed by atoms with E-state index >= 15 is 0 Å². The summed E-state index contributed by atoms with van der Waals surface area (Å²) in [5.41, 5.74) is 0.480. The molecule has 0 radical (unpaired) electrons. The smallest absolute Gasteiger partial charge is 0.356 e. The SMILES string of the molecule is COC(=O)c1cncn1C[C@@H]1CCCO1. The zero-order valence-corrected chi connectivity index (χ0v) is 8.68. The van der Waals surface area contributed by atoms with Crippen molar-refractivity contribution in [3.63, 3.8) is 0 Å². The van der Waals surface area contributed by atoms with Gasteiger partial charge in [0.1, 0.15) is 5.69 Å². The number of methoxy groups -OCH3 is 1. The maximum atomic E-state index is 11.3. The van der Waals surface area contributed by atoms with Gasteiger partial charge in [-0.1, -0.05) is 0 Å². The molecule has 1 aliphatic rings. The lowest BCUT2D eigenvalue weighted by atomic mass is 10.2. The number of ether oxygens (including phenoxy) is 2. The summed E-state index contributed by atoms with van der Waals surface area (Å²) in [7, 11) is 1.37. The van der Waals surface area contributed by atoms with Gasteiger partial charge in [0.25, 0.3) is 0 Å². The van der Waals surface area contributed by atoms with E-state index in [1.165, 1.54) is 13.3 Å². The van der Waals surface area contributed by atoms with Crippen molar-refractivity contribution in [2.24, 2.45) is 0 Å². The fourth-order valence-corrected chi connectivity index (χ4v) is 1.75. The summed E-state index contributed by atoms with van der Waals surface area (Å²) in [4.78, 5) is 15.3. The predicted octanol–water partition coefficient (Wildman–Crippen LogP) is 0.849. The normalized spacial score (nSPS) is 20.5. The van der Waals surface area contributed by atoms with Crippen LogP contribution in [0.25, 0.3) is 0 Å². The Morgan fingerprint density at radius 3 is 3.33 bits per heavy atom. The van der Waals surface area contributed by atoms with Crippen molar-refractivity contribution < 1.29 is 14.3 Å². The van der Waals surface area contributed by atoms with Gasteiger partial charge in [0.2, 0.25) is 0 Å². The molecule has 5 nitrogen and oxygen atoms in total. The molecule has 0 bridgehead atoms. The quantitative estimate of drug-likeness (QED) is 0.694. The maximum Gasteiger partial charge on any atom is 0.356 e. The molecule has 0 unspecified atom stereocenters. The molecule has 0 saturated carbocycles. The van der Waals surface area contributed by atoms with Crippen LogP contribution in [0.4, 0.5) is 0 Å². The van der Waals surface area contributed by atoms with Crippen LogP contribution in [0.3, 0.4) is 0 Å². The molecule has 5 heteroatoms. The third-order valence-electron chi connectivity index (χ3n) is 2.53. The average Bonchev–Trinajstić information content (AvgIpc) is 2.88. The molecule has 1 atom stereocenters. The van der Waals surface area contributed by atoms with E-state index < -0.39 is 0 Å². The van der Waals surface area contributed by atoms with Gasteiger partial charge in [-0.2, -0.15) is 0 Å². The summed E-state index contributed by atoms with van der Waals surface area (Å²) >= 11 is 0. The molecule has 2 heterocycles. The molecule has 1 aliphatic heterocycles. The molecule has 0 aromatic carbocycles. The van der Waals surface area contributed by atoms with Gasteiger partial charge in [-0.25, -0.2) is 9.78 Å². The lowest BCUT2D eigenvalue weighted by Crippen LogP contribution is -2.18. The van der Waals surface area contributed by atoms with Crippen molar-refractivity contribution in [2.45, 2.75) is 25.5 Å². The number of carbonyl (C=O) groups is 1. The van der Waals surface area contributed by atoms with E-state index in [-0.39, 0.29) is 12.1 Å². The summed E-state index contributed by atoms with van der Waals surface area (Å²) in [5, 5.41) is 0. The Hall–Kier alpha value is -1.36.